The van der Waals surface area contributed by atoms with Crippen LogP contribution in [-0.4, -0.2) is 28.3 Å². The number of aromatic nitrogens is 3. The van der Waals surface area contributed by atoms with Gasteiger partial charge in [-0.15, -0.1) is 0 Å². The van der Waals surface area contributed by atoms with Crippen LogP contribution in [0.25, 0.3) is 11.3 Å². The summed E-state index contributed by atoms with van der Waals surface area (Å²) in [6.45, 7) is 7.77. The zero-order valence-corrected chi connectivity index (χ0v) is 20.3. The maximum absolute atomic E-state index is 13.3. The second kappa shape index (κ2) is 10.7. The van der Waals surface area contributed by atoms with Crippen LogP contribution in [0.3, 0.4) is 0 Å². The molecule has 0 bridgehead atoms. The Morgan fingerprint density at radius 1 is 1.24 bits per heavy atom. The summed E-state index contributed by atoms with van der Waals surface area (Å²) >= 11 is 1.53. The molecule has 4 rings (SSSR count). The van der Waals surface area contributed by atoms with E-state index in [2.05, 4.69) is 18.5 Å². The molecule has 0 unspecified atom stereocenters. The average Bonchev–Trinajstić information content (AvgIpc) is 2.84. The zero-order chi connectivity index (χ0) is 24.1. The summed E-state index contributed by atoms with van der Waals surface area (Å²) in [6, 6.07) is 15.0. The minimum atomic E-state index is -0.604. The number of thioether (sulfide) groups is 1. The Balaban J connectivity index is 1.84. The van der Waals surface area contributed by atoms with E-state index in [0.717, 1.165) is 30.6 Å². The van der Waals surface area contributed by atoms with E-state index < -0.39 is 6.17 Å². The molecule has 0 fully saturated rings. The minimum Gasteiger partial charge on any atom is -0.490 e. The number of hydrogen-bond donors (Lipinski definition) is 1. The topological polar surface area (TPSA) is 79.2 Å². The van der Waals surface area contributed by atoms with Crippen LogP contribution in [0.5, 0.6) is 5.75 Å². The molecular formula is C26H29N4O3S+. The predicted octanol–water partition coefficient (Wildman–Crippen LogP) is 4.48. The van der Waals surface area contributed by atoms with Gasteiger partial charge >= 0.3 is 11.3 Å². The standard InChI is InChI=1S/C26H28N4O3S/c1-4-6-9-17-34-26-27-24(32)23-21-10-7-8-11-22(21)29(18(3)31)25(30(23)28-26)19-12-14-20(15-13-19)33-16-5-2/h5,7-8,10-15,25H,2,4,6,9,16-17H2,1,3H3/p+1/t25-/m0/s1. The number of ether oxygens (including phenoxy) is 1. The zero-order valence-electron chi connectivity index (χ0n) is 19.5. The van der Waals surface area contributed by atoms with Crippen LogP contribution in [0.4, 0.5) is 5.69 Å². The number of nitrogens with zero attached hydrogens (tertiary/aromatic N) is 3. The lowest BCUT2D eigenvalue weighted by Crippen LogP contribution is -2.60. The number of carbonyl (C=O) groups excluding carboxylic acids is 1. The van der Waals surface area contributed by atoms with Gasteiger partial charge < -0.3 is 4.74 Å². The van der Waals surface area contributed by atoms with E-state index in [1.807, 2.05) is 48.5 Å². The van der Waals surface area contributed by atoms with Crippen LogP contribution in [0.1, 0.15) is 44.8 Å². The first-order chi connectivity index (χ1) is 16.5. The second-order valence-electron chi connectivity index (χ2n) is 8.06. The predicted molar refractivity (Wildman–Crippen MR) is 134 cm³/mol. The Labute approximate surface area is 203 Å². The van der Waals surface area contributed by atoms with Gasteiger partial charge in [0.2, 0.25) is 11.1 Å². The van der Waals surface area contributed by atoms with Gasteiger partial charge in [-0.25, -0.2) is 4.90 Å². The number of amides is 1. The van der Waals surface area contributed by atoms with Crippen molar-refractivity contribution in [3.05, 3.63) is 77.1 Å². The molecule has 1 N–H and O–H groups in total. The molecule has 3 aromatic rings. The van der Waals surface area contributed by atoms with Crippen molar-refractivity contribution >= 4 is 23.4 Å². The molecule has 1 aliphatic rings. The SMILES string of the molecule is C=CCOc1ccc([C@H]2N(C(C)=O)c3ccccc3-c3c(=O)[nH]c(SCCCCC)n[n+]32)cc1. The summed E-state index contributed by atoms with van der Waals surface area (Å²) < 4.78 is 7.31. The molecule has 2 aromatic carbocycles. The molecule has 1 atom stereocenters. The van der Waals surface area contributed by atoms with Crippen LogP contribution in [0, 0.1) is 0 Å². The molecular weight excluding hydrogens is 448 g/mol. The van der Waals surface area contributed by atoms with Gasteiger partial charge in [-0.05, 0) is 47.5 Å². The fraction of sp³-hybridized carbons (Fsp3) is 0.308. The third kappa shape index (κ3) is 4.77. The third-order valence-electron chi connectivity index (χ3n) is 5.63. The van der Waals surface area contributed by atoms with E-state index in [9.17, 15) is 9.59 Å². The molecule has 8 heteroatoms. The lowest BCUT2D eigenvalue weighted by Gasteiger charge is -2.31. The maximum atomic E-state index is 13.3. The number of benzene rings is 2. The lowest BCUT2D eigenvalue weighted by molar-refractivity contribution is -0.763. The van der Waals surface area contributed by atoms with Gasteiger partial charge in [0, 0.05) is 23.3 Å². The number of rotatable bonds is 9. The van der Waals surface area contributed by atoms with Crippen molar-refractivity contribution in [2.45, 2.75) is 44.4 Å². The summed E-state index contributed by atoms with van der Waals surface area (Å²) in [5.41, 5.74) is 2.39. The average molecular weight is 478 g/mol. The largest absolute Gasteiger partial charge is 0.490 e. The van der Waals surface area contributed by atoms with Gasteiger partial charge in [0.15, 0.2) is 0 Å². The van der Waals surface area contributed by atoms with Crippen molar-refractivity contribution in [3.8, 4) is 17.0 Å². The number of anilines is 1. The number of aromatic amines is 1. The number of unbranched alkanes of at least 4 members (excludes halogenated alkanes) is 2. The van der Waals surface area contributed by atoms with Crippen molar-refractivity contribution < 1.29 is 14.2 Å². The number of carbonyl (C=O) groups is 1. The number of fused-ring (bicyclic) bond motifs is 3. The van der Waals surface area contributed by atoms with Gasteiger partial charge in [0.05, 0.1) is 11.3 Å². The first kappa shape index (κ1) is 23.8. The number of nitrogens with one attached hydrogen (secondary N) is 1. The highest BCUT2D eigenvalue weighted by atomic mass is 32.2. The molecule has 1 amide bonds. The second-order valence-corrected chi connectivity index (χ2v) is 9.14. The van der Waals surface area contributed by atoms with E-state index >= 15 is 0 Å². The molecule has 1 aliphatic heterocycles. The van der Waals surface area contributed by atoms with Crippen LogP contribution >= 0.6 is 11.8 Å². The van der Waals surface area contributed by atoms with Crippen molar-refractivity contribution in [2.75, 3.05) is 17.3 Å². The third-order valence-corrected chi connectivity index (χ3v) is 6.58. The summed E-state index contributed by atoms with van der Waals surface area (Å²) in [7, 11) is 0. The summed E-state index contributed by atoms with van der Waals surface area (Å²) in [4.78, 5) is 30.9. The fourth-order valence-corrected chi connectivity index (χ4v) is 4.94. The molecule has 0 saturated carbocycles. The highest BCUT2D eigenvalue weighted by Crippen LogP contribution is 2.37. The Hall–Kier alpha value is -3.39. The van der Waals surface area contributed by atoms with Crippen LogP contribution in [0.2, 0.25) is 0 Å². The number of H-pyrrole nitrogens is 1. The normalized spacial score (nSPS) is 14.3. The highest BCUT2D eigenvalue weighted by Gasteiger charge is 2.44. The van der Waals surface area contributed by atoms with E-state index in [4.69, 9.17) is 9.84 Å². The van der Waals surface area contributed by atoms with Crippen LogP contribution < -0.4 is 19.9 Å². The molecule has 0 spiro atoms. The van der Waals surface area contributed by atoms with E-state index in [1.165, 1.54) is 18.7 Å². The maximum Gasteiger partial charge on any atom is 0.325 e. The molecule has 0 saturated heterocycles. The highest BCUT2D eigenvalue weighted by molar-refractivity contribution is 7.99. The van der Waals surface area contributed by atoms with Crippen molar-refractivity contribution in [3.63, 3.8) is 0 Å². The number of hydrogen-bond acceptors (Lipinski definition) is 5. The van der Waals surface area contributed by atoms with Gasteiger partial charge in [0.1, 0.15) is 12.4 Å². The van der Waals surface area contributed by atoms with Gasteiger partial charge in [0.25, 0.3) is 6.17 Å². The molecule has 0 aliphatic carbocycles. The first-order valence-electron chi connectivity index (χ1n) is 11.5. The molecule has 7 nitrogen and oxygen atoms in total. The summed E-state index contributed by atoms with van der Waals surface area (Å²) in [5.74, 6) is 1.43. The molecule has 0 radical (unpaired) electrons. The Kier molecular flexibility index (Phi) is 7.47. The Bertz CT molecular complexity index is 1240. The van der Waals surface area contributed by atoms with Gasteiger partial charge in [-0.1, -0.05) is 56.3 Å². The molecule has 34 heavy (non-hydrogen) atoms. The quantitative estimate of drug-likeness (QED) is 0.213. The van der Waals surface area contributed by atoms with E-state index in [1.54, 1.807) is 15.7 Å². The Morgan fingerprint density at radius 2 is 2.00 bits per heavy atom. The molecule has 2 heterocycles. The summed E-state index contributed by atoms with van der Waals surface area (Å²) in [6.07, 6.45) is 4.38. The minimum absolute atomic E-state index is 0.137. The summed E-state index contributed by atoms with van der Waals surface area (Å²) in [5, 5.41) is 5.36. The lowest BCUT2D eigenvalue weighted by atomic mass is 10.0. The molecule has 176 valence electrons. The first-order valence-corrected chi connectivity index (χ1v) is 12.5. The Morgan fingerprint density at radius 3 is 2.71 bits per heavy atom. The van der Waals surface area contributed by atoms with Crippen molar-refractivity contribution in [2.24, 2.45) is 0 Å². The van der Waals surface area contributed by atoms with Gasteiger partial charge in [-0.3, -0.25) is 14.6 Å². The van der Waals surface area contributed by atoms with E-state index in [-0.39, 0.29) is 11.5 Å². The molecule has 1 aromatic heterocycles. The van der Waals surface area contributed by atoms with Crippen molar-refractivity contribution in [1.29, 1.82) is 0 Å². The van der Waals surface area contributed by atoms with Crippen LogP contribution in [-0.2, 0) is 4.79 Å². The smallest absolute Gasteiger partial charge is 0.325 e. The fourth-order valence-electron chi connectivity index (χ4n) is 4.09. The van der Waals surface area contributed by atoms with E-state index in [0.29, 0.717) is 34.5 Å². The van der Waals surface area contributed by atoms with Crippen LogP contribution in [0.15, 0.2) is 71.1 Å². The van der Waals surface area contributed by atoms with Gasteiger partial charge in [-0.2, -0.15) is 0 Å². The van der Waals surface area contributed by atoms with Crippen molar-refractivity contribution in [1.82, 2.24) is 10.1 Å². The monoisotopic (exact) mass is 477 g/mol. The number of para-hydroxylation sites is 1.